The molecule has 0 unspecified atom stereocenters. The Morgan fingerprint density at radius 2 is 2.16 bits per heavy atom. The van der Waals surface area contributed by atoms with Gasteiger partial charge >= 0.3 is 0 Å². The summed E-state index contributed by atoms with van der Waals surface area (Å²) in [7, 11) is 0. The van der Waals surface area contributed by atoms with Crippen LogP contribution < -0.4 is 5.32 Å². The molecule has 9 heteroatoms. The van der Waals surface area contributed by atoms with Gasteiger partial charge in [0.05, 0.1) is 11.8 Å². The molecule has 0 bridgehead atoms. The fourth-order valence-electron chi connectivity index (χ4n) is 3.99. The summed E-state index contributed by atoms with van der Waals surface area (Å²) >= 11 is 0. The van der Waals surface area contributed by atoms with Gasteiger partial charge in [0.1, 0.15) is 0 Å². The average molecular weight is 432 g/mol. The van der Waals surface area contributed by atoms with Crippen LogP contribution in [0.1, 0.15) is 34.1 Å². The van der Waals surface area contributed by atoms with Gasteiger partial charge in [-0.25, -0.2) is 9.67 Å². The molecule has 0 spiro atoms. The highest BCUT2D eigenvalue weighted by molar-refractivity contribution is 6.06. The Hall–Kier alpha value is -3.56. The van der Waals surface area contributed by atoms with Gasteiger partial charge in [0.2, 0.25) is 5.95 Å². The second-order valence-electron chi connectivity index (χ2n) is 8.26. The molecule has 0 radical (unpaired) electrons. The van der Waals surface area contributed by atoms with Crippen molar-refractivity contribution in [3.63, 3.8) is 0 Å². The first-order valence-electron chi connectivity index (χ1n) is 10.6. The van der Waals surface area contributed by atoms with Crippen molar-refractivity contribution in [3.05, 3.63) is 65.2 Å². The number of rotatable bonds is 7. The van der Waals surface area contributed by atoms with Gasteiger partial charge in [0, 0.05) is 72.9 Å². The Morgan fingerprint density at radius 1 is 1.31 bits per heavy atom. The highest BCUT2D eigenvalue weighted by atomic mass is 16.3. The molecule has 1 fully saturated rings. The number of anilines is 1. The number of H-pyrrole nitrogens is 1. The molecule has 1 aliphatic rings. The zero-order valence-corrected chi connectivity index (χ0v) is 18.0. The van der Waals surface area contributed by atoms with Crippen molar-refractivity contribution in [1.82, 2.24) is 29.6 Å². The van der Waals surface area contributed by atoms with Crippen LogP contribution in [0.5, 0.6) is 0 Å². The molecule has 0 saturated carbocycles. The molecule has 1 aromatic carbocycles. The summed E-state index contributed by atoms with van der Waals surface area (Å²) in [6, 6.07) is 7.81. The van der Waals surface area contributed by atoms with Crippen LogP contribution in [0.15, 0.2) is 42.9 Å². The Kier molecular flexibility index (Phi) is 5.20. The van der Waals surface area contributed by atoms with Crippen LogP contribution in [0.3, 0.4) is 0 Å². The van der Waals surface area contributed by atoms with E-state index >= 15 is 0 Å². The van der Waals surface area contributed by atoms with Crippen molar-refractivity contribution >= 4 is 22.6 Å². The lowest BCUT2D eigenvalue weighted by Crippen LogP contribution is -2.49. The highest BCUT2D eigenvalue weighted by Gasteiger charge is 2.25. The fraction of sp³-hybridized carbons (Fsp3) is 0.304. The molecule has 9 nitrogen and oxygen atoms in total. The highest BCUT2D eigenvalue weighted by Crippen LogP contribution is 2.21. The number of Topliss-reactive ketones (excluding diaryl/α,β-unsaturated/α-hetero) is 1. The van der Waals surface area contributed by atoms with Gasteiger partial charge in [0.15, 0.2) is 11.6 Å². The molecule has 1 aliphatic heterocycles. The molecule has 1 saturated heterocycles. The van der Waals surface area contributed by atoms with E-state index in [0.717, 1.165) is 34.3 Å². The van der Waals surface area contributed by atoms with E-state index in [1.807, 2.05) is 37.4 Å². The molecule has 0 aliphatic carbocycles. The number of ketones is 1. The number of carbonyl (C=O) groups is 1. The summed E-state index contributed by atoms with van der Waals surface area (Å²) in [4.78, 5) is 26.1. The molecule has 3 N–H and O–H groups in total. The van der Waals surface area contributed by atoms with Crippen LogP contribution in [0, 0.1) is 6.92 Å². The van der Waals surface area contributed by atoms with E-state index in [1.54, 1.807) is 24.0 Å². The third-order valence-electron chi connectivity index (χ3n) is 5.78. The summed E-state index contributed by atoms with van der Waals surface area (Å²) in [6.07, 6.45) is 5.22. The van der Waals surface area contributed by atoms with E-state index in [-0.39, 0.29) is 11.9 Å². The van der Waals surface area contributed by atoms with Crippen LogP contribution in [-0.2, 0) is 13.1 Å². The van der Waals surface area contributed by atoms with Gasteiger partial charge in [-0.3, -0.25) is 9.69 Å². The van der Waals surface area contributed by atoms with Gasteiger partial charge in [0.25, 0.3) is 0 Å². The van der Waals surface area contributed by atoms with Gasteiger partial charge in [-0.05, 0) is 31.5 Å². The van der Waals surface area contributed by atoms with E-state index in [9.17, 15) is 9.90 Å². The van der Waals surface area contributed by atoms with E-state index < -0.39 is 0 Å². The summed E-state index contributed by atoms with van der Waals surface area (Å²) in [5.74, 6) is 1.22. The Bertz CT molecular complexity index is 1290. The molecule has 32 heavy (non-hydrogen) atoms. The first-order chi connectivity index (χ1) is 15.5. The summed E-state index contributed by atoms with van der Waals surface area (Å²) in [5.41, 5.74) is 4.72. The Morgan fingerprint density at radius 3 is 2.94 bits per heavy atom. The predicted octanol–water partition coefficient (Wildman–Crippen LogP) is 2.44. The molecular weight excluding hydrogens is 406 g/mol. The zero-order valence-electron chi connectivity index (χ0n) is 18.0. The third-order valence-corrected chi connectivity index (χ3v) is 5.78. The number of nitrogens with zero attached hydrogens (tertiary/aromatic N) is 5. The smallest absolute Gasteiger partial charge is 0.224 e. The maximum Gasteiger partial charge on any atom is 0.224 e. The SMILES string of the molecule is CC(=O)c1c[nH]c2ccc(CNc3nccc(-n4cc(CN5CC(O)C5)c(C)n4)n3)cc12. The molecule has 4 aromatic rings. The van der Waals surface area contributed by atoms with Crippen molar-refractivity contribution in [3.8, 4) is 5.82 Å². The van der Waals surface area contributed by atoms with Crippen molar-refractivity contribution in [2.45, 2.75) is 33.0 Å². The minimum Gasteiger partial charge on any atom is -0.390 e. The summed E-state index contributed by atoms with van der Waals surface area (Å²) < 4.78 is 1.76. The number of aliphatic hydroxyl groups excluding tert-OH is 1. The average Bonchev–Trinajstić information content (AvgIpc) is 3.35. The molecular formula is C23H25N7O2. The number of fused-ring (bicyclic) bond motifs is 1. The number of benzene rings is 1. The van der Waals surface area contributed by atoms with Gasteiger partial charge in [-0.15, -0.1) is 0 Å². The number of likely N-dealkylation sites (tertiary alicyclic amines) is 1. The number of aryl methyl sites for hydroxylation is 1. The van der Waals surface area contributed by atoms with Crippen molar-refractivity contribution in [2.75, 3.05) is 18.4 Å². The largest absolute Gasteiger partial charge is 0.390 e. The maximum atomic E-state index is 11.8. The summed E-state index contributed by atoms with van der Waals surface area (Å²) in [6.45, 7) is 6.26. The number of carbonyl (C=O) groups excluding carboxylic acids is 1. The van der Waals surface area contributed by atoms with Crippen LogP contribution >= 0.6 is 0 Å². The van der Waals surface area contributed by atoms with Crippen LogP contribution in [0.2, 0.25) is 0 Å². The Balaban J connectivity index is 1.30. The lowest BCUT2D eigenvalue weighted by Gasteiger charge is -2.35. The number of nitrogens with one attached hydrogen (secondary N) is 2. The lowest BCUT2D eigenvalue weighted by atomic mass is 10.1. The fourth-order valence-corrected chi connectivity index (χ4v) is 3.99. The zero-order chi connectivity index (χ0) is 22.2. The quantitative estimate of drug-likeness (QED) is 0.385. The number of hydrogen-bond donors (Lipinski definition) is 3. The number of aromatic nitrogens is 5. The van der Waals surface area contributed by atoms with Crippen LogP contribution in [-0.4, -0.2) is 59.7 Å². The number of aromatic amines is 1. The van der Waals surface area contributed by atoms with E-state index in [0.29, 0.717) is 37.0 Å². The predicted molar refractivity (Wildman–Crippen MR) is 121 cm³/mol. The molecule has 5 rings (SSSR count). The van der Waals surface area contributed by atoms with Crippen LogP contribution in [0.25, 0.3) is 16.7 Å². The van der Waals surface area contributed by atoms with Gasteiger partial charge in [-0.1, -0.05) is 6.07 Å². The van der Waals surface area contributed by atoms with E-state index in [2.05, 4.69) is 30.3 Å². The van der Waals surface area contributed by atoms with Crippen molar-refractivity contribution in [1.29, 1.82) is 0 Å². The van der Waals surface area contributed by atoms with Gasteiger partial charge < -0.3 is 15.4 Å². The first-order valence-corrected chi connectivity index (χ1v) is 10.6. The number of aliphatic hydroxyl groups is 1. The van der Waals surface area contributed by atoms with Crippen molar-refractivity contribution in [2.24, 2.45) is 0 Å². The van der Waals surface area contributed by atoms with E-state index in [1.165, 1.54) is 0 Å². The Labute approximate surface area is 185 Å². The number of hydrogen-bond acceptors (Lipinski definition) is 7. The topological polar surface area (TPSA) is 112 Å². The second kappa shape index (κ2) is 8.18. The lowest BCUT2D eigenvalue weighted by molar-refractivity contribution is -0.00297. The maximum absolute atomic E-state index is 11.8. The van der Waals surface area contributed by atoms with Crippen LogP contribution in [0.4, 0.5) is 5.95 Å². The molecule has 4 heterocycles. The minimum atomic E-state index is -0.215. The number of β-amino-alcohol motifs (C(OH)–C–C–N with tert-alkyl or cyclic N) is 1. The normalized spacial score (nSPS) is 14.6. The molecule has 164 valence electrons. The molecule has 0 amide bonds. The standard InChI is InChI=1S/C23H25N7O2/c1-14-17(10-29-12-18(32)13-29)11-30(28-14)22-5-6-24-23(27-22)26-8-16-3-4-21-19(7-16)20(9-25-21)15(2)31/h3-7,9,11,18,25,32H,8,10,12-13H2,1-2H3,(H,24,26,27). The monoisotopic (exact) mass is 431 g/mol. The minimum absolute atomic E-state index is 0.0385. The van der Waals surface area contributed by atoms with E-state index in [4.69, 9.17) is 0 Å². The first kappa shape index (κ1) is 20.3. The molecule has 0 atom stereocenters. The van der Waals surface area contributed by atoms with Crippen molar-refractivity contribution < 1.29 is 9.90 Å². The molecule has 3 aromatic heterocycles. The third kappa shape index (κ3) is 4.00. The van der Waals surface area contributed by atoms with Gasteiger partial charge in [-0.2, -0.15) is 10.1 Å². The summed E-state index contributed by atoms with van der Waals surface area (Å²) in [5, 5.41) is 18.3. The second-order valence-corrected chi connectivity index (χ2v) is 8.26.